The highest BCUT2D eigenvalue weighted by atomic mass is 127. The number of phenols is 1. The van der Waals surface area contributed by atoms with Crippen LogP contribution in [0.1, 0.15) is 12.5 Å². The van der Waals surface area contributed by atoms with Crippen molar-refractivity contribution in [3.8, 4) is 11.5 Å². The highest BCUT2D eigenvalue weighted by Gasteiger charge is 2.29. The van der Waals surface area contributed by atoms with Crippen LogP contribution < -0.4 is 9.75 Å². The van der Waals surface area contributed by atoms with Crippen LogP contribution in [0.4, 0.5) is 5.69 Å². The van der Waals surface area contributed by atoms with Crippen molar-refractivity contribution >= 4 is 57.6 Å². The molecule has 0 fully saturated rings. The molecule has 2 aromatic carbocycles. The third kappa shape index (κ3) is 3.50. The van der Waals surface area contributed by atoms with Gasteiger partial charge < -0.3 is 9.84 Å². The first-order chi connectivity index (χ1) is 11.9. The van der Waals surface area contributed by atoms with Gasteiger partial charge in [-0.2, -0.15) is 10.1 Å². The summed E-state index contributed by atoms with van der Waals surface area (Å²) in [5, 5.41) is 16.1. The van der Waals surface area contributed by atoms with Gasteiger partial charge in [-0.3, -0.25) is 4.79 Å². The summed E-state index contributed by atoms with van der Waals surface area (Å²) >= 11 is 8.01. The van der Waals surface area contributed by atoms with E-state index in [-0.39, 0.29) is 11.7 Å². The maximum Gasteiger partial charge on any atom is 0.280 e. The van der Waals surface area contributed by atoms with Gasteiger partial charge in [0.2, 0.25) is 0 Å². The van der Waals surface area contributed by atoms with E-state index in [0.717, 1.165) is 5.56 Å². The average Bonchev–Trinajstić information content (AvgIpc) is 2.86. The number of carbonyl (C=O) groups excluding carboxylic acids is 1. The number of rotatable bonds is 3. The molecule has 1 aliphatic heterocycles. The summed E-state index contributed by atoms with van der Waals surface area (Å²) < 4.78 is 5.80. The van der Waals surface area contributed by atoms with Crippen molar-refractivity contribution in [2.45, 2.75) is 6.92 Å². The van der Waals surface area contributed by atoms with Crippen LogP contribution in [-0.2, 0) is 4.79 Å². The van der Waals surface area contributed by atoms with E-state index >= 15 is 0 Å². The van der Waals surface area contributed by atoms with E-state index in [1.165, 1.54) is 12.1 Å². The molecule has 0 bridgehead atoms. The molecule has 0 aliphatic carbocycles. The molecule has 1 aliphatic rings. The van der Waals surface area contributed by atoms with Crippen molar-refractivity contribution in [3.05, 3.63) is 56.1 Å². The second-order valence-corrected chi connectivity index (χ2v) is 6.99. The van der Waals surface area contributed by atoms with Gasteiger partial charge in [0.15, 0.2) is 11.5 Å². The summed E-state index contributed by atoms with van der Waals surface area (Å²) in [6.45, 7) is 1.77. The summed E-state index contributed by atoms with van der Waals surface area (Å²) in [6.07, 6.45) is 1.73. The number of methoxy groups -OCH3 is 1. The number of carbonyl (C=O) groups is 1. The number of hydrogen-bond donors (Lipinski definition) is 1. The van der Waals surface area contributed by atoms with Gasteiger partial charge in [-0.15, -0.1) is 0 Å². The molecule has 0 aromatic heterocycles. The maximum atomic E-state index is 12.8. The minimum absolute atomic E-state index is 0.0777. The van der Waals surface area contributed by atoms with Crippen LogP contribution in [0.2, 0.25) is 5.02 Å². The fraction of sp³-hybridized carbons (Fsp3) is 0.111. The van der Waals surface area contributed by atoms with Gasteiger partial charge in [0.05, 0.1) is 27.7 Å². The summed E-state index contributed by atoms with van der Waals surface area (Å²) in [4.78, 5) is 12.8. The number of anilines is 1. The van der Waals surface area contributed by atoms with Crippen LogP contribution in [0.3, 0.4) is 0 Å². The number of benzene rings is 2. The molecular weight excluding hydrogens is 455 g/mol. The number of hydrogen-bond acceptors (Lipinski definition) is 4. The smallest absolute Gasteiger partial charge is 0.280 e. The molecule has 0 radical (unpaired) electrons. The topological polar surface area (TPSA) is 62.1 Å². The van der Waals surface area contributed by atoms with E-state index in [0.29, 0.717) is 31.3 Å². The standard InChI is InChI=1S/C18H14ClIN2O3/c1-10-14(6-11-7-15(20)17(23)16(8-11)25-2)18(24)22(21-10)13-5-3-4-12(19)9-13/h3-9,23H,1-2H3. The predicted molar refractivity (Wildman–Crippen MR) is 107 cm³/mol. The Morgan fingerprint density at radius 3 is 2.76 bits per heavy atom. The van der Waals surface area contributed by atoms with Crippen molar-refractivity contribution in [3.63, 3.8) is 0 Å². The summed E-state index contributed by atoms with van der Waals surface area (Å²) in [5.74, 6) is 0.196. The highest BCUT2D eigenvalue weighted by molar-refractivity contribution is 14.1. The molecule has 1 amide bonds. The molecule has 1 N–H and O–H groups in total. The lowest BCUT2D eigenvalue weighted by atomic mass is 10.1. The van der Waals surface area contributed by atoms with Crippen LogP contribution in [0.15, 0.2) is 47.1 Å². The minimum atomic E-state index is -0.234. The molecule has 1 heterocycles. The lowest BCUT2D eigenvalue weighted by molar-refractivity contribution is -0.114. The molecule has 128 valence electrons. The Morgan fingerprint density at radius 2 is 2.08 bits per heavy atom. The SMILES string of the molecule is COc1cc(C=C2C(=O)N(c3cccc(Cl)c3)N=C2C)cc(I)c1O. The number of halogens is 2. The number of phenolic OH excluding ortho intramolecular Hbond substituents is 1. The molecule has 7 heteroatoms. The van der Waals surface area contributed by atoms with E-state index in [9.17, 15) is 9.90 Å². The first-order valence-corrected chi connectivity index (χ1v) is 8.80. The molecule has 3 rings (SSSR count). The Morgan fingerprint density at radius 1 is 1.32 bits per heavy atom. The molecule has 2 aromatic rings. The van der Waals surface area contributed by atoms with Gasteiger partial charge in [0, 0.05) is 5.02 Å². The zero-order valence-corrected chi connectivity index (χ0v) is 16.4. The first kappa shape index (κ1) is 17.8. The predicted octanol–water partition coefficient (Wildman–Crippen LogP) is 4.46. The summed E-state index contributed by atoms with van der Waals surface area (Å²) in [5.41, 5.74) is 2.43. The Balaban J connectivity index is 1.99. The monoisotopic (exact) mass is 468 g/mol. The van der Waals surface area contributed by atoms with Crippen molar-refractivity contribution in [1.82, 2.24) is 0 Å². The average molecular weight is 469 g/mol. The number of hydrazone groups is 1. The largest absolute Gasteiger partial charge is 0.504 e. The zero-order chi connectivity index (χ0) is 18.1. The van der Waals surface area contributed by atoms with E-state index in [1.54, 1.807) is 49.4 Å². The number of aromatic hydroxyl groups is 1. The van der Waals surface area contributed by atoms with Crippen molar-refractivity contribution in [2.75, 3.05) is 12.1 Å². The van der Waals surface area contributed by atoms with Gasteiger partial charge in [0.1, 0.15) is 0 Å². The van der Waals surface area contributed by atoms with Crippen molar-refractivity contribution in [1.29, 1.82) is 0 Å². The van der Waals surface area contributed by atoms with Crippen molar-refractivity contribution in [2.24, 2.45) is 5.10 Å². The molecular formula is C18H14ClIN2O3. The van der Waals surface area contributed by atoms with Crippen LogP contribution in [0.25, 0.3) is 6.08 Å². The third-order valence-electron chi connectivity index (χ3n) is 3.70. The quantitative estimate of drug-likeness (QED) is 0.534. The first-order valence-electron chi connectivity index (χ1n) is 7.34. The van der Waals surface area contributed by atoms with Crippen LogP contribution in [0.5, 0.6) is 11.5 Å². The summed E-state index contributed by atoms with van der Waals surface area (Å²) in [7, 11) is 1.48. The molecule has 0 spiro atoms. The fourth-order valence-corrected chi connectivity index (χ4v) is 3.28. The minimum Gasteiger partial charge on any atom is -0.504 e. The van der Waals surface area contributed by atoms with E-state index in [1.807, 2.05) is 22.6 Å². The Kier molecular flexibility index (Phi) is 5.01. The highest BCUT2D eigenvalue weighted by Crippen LogP contribution is 2.34. The second kappa shape index (κ2) is 7.05. The van der Waals surface area contributed by atoms with Gasteiger partial charge in [-0.05, 0) is 71.5 Å². The van der Waals surface area contributed by atoms with Gasteiger partial charge in [0.25, 0.3) is 5.91 Å². The van der Waals surface area contributed by atoms with Crippen LogP contribution >= 0.6 is 34.2 Å². The fourth-order valence-electron chi connectivity index (χ4n) is 2.47. The maximum absolute atomic E-state index is 12.8. The normalized spacial score (nSPS) is 15.7. The Hall–Kier alpha value is -2.06. The Bertz CT molecular complexity index is 925. The number of amides is 1. The van der Waals surface area contributed by atoms with Crippen LogP contribution in [-0.4, -0.2) is 23.8 Å². The summed E-state index contributed by atoms with van der Waals surface area (Å²) in [6, 6.07) is 10.4. The zero-order valence-electron chi connectivity index (χ0n) is 13.5. The molecule has 0 unspecified atom stereocenters. The molecule has 25 heavy (non-hydrogen) atoms. The molecule has 0 saturated carbocycles. The van der Waals surface area contributed by atoms with Gasteiger partial charge in [-0.25, -0.2) is 0 Å². The molecule has 0 atom stereocenters. The van der Waals surface area contributed by atoms with Crippen LogP contribution in [0, 0.1) is 3.57 Å². The lowest BCUT2D eigenvalue weighted by Crippen LogP contribution is -2.21. The number of nitrogens with zero attached hydrogens (tertiary/aromatic N) is 2. The Labute approximate surface area is 163 Å². The second-order valence-electron chi connectivity index (χ2n) is 5.39. The number of ether oxygens (including phenoxy) is 1. The lowest BCUT2D eigenvalue weighted by Gasteiger charge is -2.12. The third-order valence-corrected chi connectivity index (χ3v) is 4.75. The molecule has 0 saturated heterocycles. The van der Waals surface area contributed by atoms with Crippen molar-refractivity contribution < 1.29 is 14.6 Å². The van der Waals surface area contributed by atoms with Gasteiger partial charge in [-0.1, -0.05) is 17.7 Å². The van der Waals surface area contributed by atoms with Gasteiger partial charge >= 0.3 is 0 Å². The van der Waals surface area contributed by atoms with E-state index in [2.05, 4.69) is 5.10 Å². The molecule has 5 nitrogen and oxygen atoms in total. The van der Waals surface area contributed by atoms with E-state index in [4.69, 9.17) is 16.3 Å². The van der Waals surface area contributed by atoms with E-state index < -0.39 is 0 Å².